The SMILES string of the molecule is CC[C@H](C)[C@@H]1NC(=O)CNC(=O)C2Cc3c([nH]c4ccccc34)SC[C@H](NC(=O)CNC1=O)C(=O)N[C@@H](CC(N)O)C(=O)N1C[C@H](O)C[C@H]1C(=O)N[C@@H]([C@@H](C)[C@@H](O)CO)C(=O)N2. The number of hydrogen-bond acceptors (Lipinski definition) is 14. The number of nitrogens with one attached hydrogen (secondary N) is 8. The second-order valence-corrected chi connectivity index (χ2v) is 16.9. The van der Waals surface area contributed by atoms with E-state index in [1.165, 1.54) is 6.92 Å². The second kappa shape index (κ2) is 21.2. The molecule has 14 N–H and O–H groups in total. The number of hydrogen-bond donors (Lipinski definition) is 13. The number of nitrogens with two attached hydrogens (primary N) is 1. The summed E-state index contributed by atoms with van der Waals surface area (Å²) in [4.78, 5) is 116. The lowest BCUT2D eigenvalue weighted by Crippen LogP contribution is -2.62. The summed E-state index contributed by atoms with van der Waals surface area (Å²) in [6, 6.07) is -1.88. The van der Waals surface area contributed by atoms with E-state index in [9.17, 15) is 58.8 Å². The Morgan fingerprint density at radius 3 is 2.18 bits per heavy atom. The molecule has 1 fully saturated rings. The minimum atomic E-state index is -1.67. The molecule has 8 amide bonds. The second-order valence-electron chi connectivity index (χ2n) is 15.9. The Hall–Kier alpha value is -5.33. The van der Waals surface area contributed by atoms with Crippen molar-refractivity contribution < 1.29 is 58.8 Å². The zero-order valence-corrected chi connectivity index (χ0v) is 35.3. The van der Waals surface area contributed by atoms with Gasteiger partial charge in [-0.25, -0.2) is 0 Å². The van der Waals surface area contributed by atoms with Crippen LogP contribution in [0.3, 0.4) is 0 Å². The zero-order valence-electron chi connectivity index (χ0n) is 34.5. The first-order valence-corrected chi connectivity index (χ1v) is 21.4. The van der Waals surface area contributed by atoms with Gasteiger partial charge < -0.3 is 73.3 Å². The fourth-order valence-electron chi connectivity index (χ4n) is 7.58. The highest BCUT2D eigenvalue weighted by Gasteiger charge is 2.44. The first-order valence-electron chi connectivity index (χ1n) is 20.4. The van der Waals surface area contributed by atoms with Crippen molar-refractivity contribution >= 4 is 69.9 Å². The summed E-state index contributed by atoms with van der Waals surface area (Å²) in [6.07, 6.45) is -5.23. The number of thioether (sulfide) groups is 1. The third-order valence-electron chi connectivity index (χ3n) is 11.4. The molecule has 1 aromatic heterocycles. The molecule has 2 bridgehead atoms. The van der Waals surface area contributed by atoms with Crippen molar-refractivity contribution in [2.24, 2.45) is 17.6 Å². The molecule has 0 spiro atoms. The van der Waals surface area contributed by atoms with E-state index >= 15 is 0 Å². The predicted molar refractivity (Wildman–Crippen MR) is 221 cm³/mol. The summed E-state index contributed by atoms with van der Waals surface area (Å²) in [5, 5.41) is 60.4. The predicted octanol–water partition coefficient (Wildman–Crippen LogP) is -4.85. The monoisotopic (exact) mass is 888 g/mol. The minimum Gasteiger partial charge on any atom is -0.394 e. The third kappa shape index (κ3) is 11.6. The summed E-state index contributed by atoms with van der Waals surface area (Å²) in [6.45, 7) is 2.31. The van der Waals surface area contributed by atoms with E-state index in [2.05, 4.69) is 42.2 Å². The number of carbonyl (C=O) groups excluding carboxylic acids is 8. The first kappa shape index (κ1) is 47.7. The normalized spacial score (nSPS) is 28.5. The van der Waals surface area contributed by atoms with Crippen LogP contribution in [0.5, 0.6) is 0 Å². The average Bonchev–Trinajstić information content (AvgIpc) is 3.81. The molecule has 1 saturated heterocycles. The highest BCUT2D eigenvalue weighted by atomic mass is 32.2. The van der Waals surface area contributed by atoms with Crippen LogP contribution in [0.2, 0.25) is 0 Å². The number of H-pyrrole nitrogens is 1. The van der Waals surface area contributed by atoms with Crippen molar-refractivity contribution in [1.29, 1.82) is 0 Å². The van der Waals surface area contributed by atoms with Gasteiger partial charge in [0.1, 0.15) is 42.5 Å². The topological polar surface area (TPSA) is 347 Å². The standard InChI is InChI=1S/C39H56N10O12S/c1-4-17(2)31-36(59)42-12-29(54)43-25-16-62-38-21(20-7-5-6-8-22(20)46-38)10-23(33(56)41-13-30(55)47-31)44-37(60)32(18(3)27(52)15-50)48-35(58)26-9-19(51)14-49(26)39(61)24(11-28(40)53)45-34(25)57/h5-8,17-19,23-28,31-32,46,50-53H,4,9-16,40H2,1-3H3,(H,41,56)(H,42,59)(H,43,54)(H,44,60)(H,45,57)(H,47,55)(H,48,58)/t17-,18-,19+,23?,24-,25-,26-,27-,28?,31-,32-/m0/s1. The number of aliphatic hydroxyl groups is 4. The van der Waals surface area contributed by atoms with Gasteiger partial charge in [0.15, 0.2) is 0 Å². The molecular formula is C39H56N10O12S. The van der Waals surface area contributed by atoms with E-state index in [-0.39, 0.29) is 18.6 Å². The number of aromatic amines is 1. The molecule has 340 valence electrons. The zero-order chi connectivity index (χ0) is 45.4. The van der Waals surface area contributed by atoms with Crippen molar-refractivity contribution in [3.05, 3.63) is 29.8 Å². The lowest BCUT2D eigenvalue weighted by atomic mass is 9.93. The largest absolute Gasteiger partial charge is 0.394 e. The molecule has 11 atom stereocenters. The molecule has 2 aromatic rings. The van der Waals surface area contributed by atoms with Crippen molar-refractivity contribution in [2.75, 3.05) is 32.0 Å². The van der Waals surface area contributed by atoms with Gasteiger partial charge in [-0.1, -0.05) is 45.4 Å². The van der Waals surface area contributed by atoms with Crippen LogP contribution in [-0.2, 0) is 44.8 Å². The molecule has 2 unspecified atom stereocenters. The van der Waals surface area contributed by atoms with Gasteiger partial charge in [-0.05, 0) is 17.5 Å². The van der Waals surface area contributed by atoms with Crippen molar-refractivity contribution in [1.82, 2.24) is 47.1 Å². The van der Waals surface area contributed by atoms with Gasteiger partial charge in [0, 0.05) is 48.4 Å². The maximum atomic E-state index is 14.4. The average molecular weight is 889 g/mol. The summed E-state index contributed by atoms with van der Waals surface area (Å²) in [5.41, 5.74) is 6.75. The molecule has 23 heteroatoms. The maximum absolute atomic E-state index is 14.4. The van der Waals surface area contributed by atoms with Crippen LogP contribution in [0.4, 0.5) is 0 Å². The summed E-state index contributed by atoms with van der Waals surface area (Å²) in [5.74, 6) is -8.91. The Morgan fingerprint density at radius 1 is 0.823 bits per heavy atom. The highest BCUT2D eigenvalue weighted by molar-refractivity contribution is 7.99. The van der Waals surface area contributed by atoms with Crippen molar-refractivity contribution in [2.45, 2.75) is 106 Å². The lowest BCUT2D eigenvalue weighted by molar-refractivity contribution is -0.143. The van der Waals surface area contributed by atoms with Crippen LogP contribution >= 0.6 is 11.8 Å². The van der Waals surface area contributed by atoms with E-state index in [4.69, 9.17) is 5.73 Å². The number of amides is 8. The van der Waals surface area contributed by atoms with E-state index < -0.39 is 146 Å². The maximum Gasteiger partial charge on any atom is 0.246 e. The number of nitrogens with zero attached hydrogens (tertiary/aromatic N) is 1. The van der Waals surface area contributed by atoms with E-state index in [1.54, 1.807) is 38.1 Å². The molecule has 0 saturated carbocycles. The molecule has 22 nitrogen and oxygen atoms in total. The quantitative estimate of drug-likeness (QED) is 0.116. The molecule has 3 aliphatic heterocycles. The number of rotatable bonds is 7. The van der Waals surface area contributed by atoms with Gasteiger partial charge in [-0.15, -0.1) is 11.8 Å². The van der Waals surface area contributed by atoms with Gasteiger partial charge in [-0.3, -0.25) is 38.4 Å². The smallest absolute Gasteiger partial charge is 0.246 e. The van der Waals surface area contributed by atoms with Crippen LogP contribution in [0.1, 0.15) is 45.6 Å². The van der Waals surface area contributed by atoms with Crippen LogP contribution in [0, 0.1) is 11.8 Å². The van der Waals surface area contributed by atoms with E-state index in [0.29, 0.717) is 27.9 Å². The van der Waals surface area contributed by atoms with Gasteiger partial charge in [-0.2, -0.15) is 0 Å². The Kier molecular flexibility index (Phi) is 16.3. The number of carbonyl (C=O) groups is 8. The van der Waals surface area contributed by atoms with Crippen molar-refractivity contribution in [3.8, 4) is 0 Å². The molecule has 62 heavy (non-hydrogen) atoms. The van der Waals surface area contributed by atoms with E-state index in [1.807, 2.05) is 0 Å². The molecular weight excluding hydrogens is 833 g/mol. The van der Waals surface area contributed by atoms with Gasteiger partial charge >= 0.3 is 0 Å². The number of benzene rings is 1. The van der Waals surface area contributed by atoms with Crippen molar-refractivity contribution in [3.63, 3.8) is 0 Å². The molecule has 3 aliphatic rings. The Labute approximate surface area is 360 Å². The van der Waals surface area contributed by atoms with Crippen LogP contribution in [0.15, 0.2) is 29.3 Å². The van der Waals surface area contributed by atoms with E-state index in [0.717, 1.165) is 16.7 Å². The number of aromatic nitrogens is 1. The Balaban J connectivity index is 1.68. The molecule has 0 radical (unpaired) electrons. The summed E-state index contributed by atoms with van der Waals surface area (Å²) in [7, 11) is 0. The molecule has 4 heterocycles. The van der Waals surface area contributed by atoms with Crippen LogP contribution < -0.4 is 43.0 Å². The number of para-hydroxylation sites is 1. The third-order valence-corrected chi connectivity index (χ3v) is 12.5. The van der Waals surface area contributed by atoms with Crippen LogP contribution in [0.25, 0.3) is 10.9 Å². The fraction of sp³-hybridized carbons (Fsp3) is 0.590. The summed E-state index contributed by atoms with van der Waals surface area (Å²) >= 11 is 1.04. The van der Waals surface area contributed by atoms with Gasteiger partial charge in [0.05, 0.1) is 36.9 Å². The van der Waals surface area contributed by atoms with Crippen LogP contribution in [-0.4, -0.2) is 164 Å². The first-order chi connectivity index (χ1) is 29.4. The summed E-state index contributed by atoms with van der Waals surface area (Å²) < 4.78 is 0. The molecule has 0 aliphatic carbocycles. The van der Waals surface area contributed by atoms with Gasteiger partial charge in [0.2, 0.25) is 47.3 Å². The Morgan fingerprint density at radius 2 is 1.50 bits per heavy atom. The lowest BCUT2D eigenvalue weighted by Gasteiger charge is -2.33. The molecule has 1 aromatic carbocycles. The number of aliphatic hydroxyl groups excluding tert-OH is 4. The minimum absolute atomic E-state index is 0.224. The Bertz CT molecular complexity index is 2020. The highest BCUT2D eigenvalue weighted by Crippen LogP contribution is 2.32. The number of fused-ring (bicyclic) bond motifs is 5. The van der Waals surface area contributed by atoms with Gasteiger partial charge in [0.25, 0.3) is 0 Å². The molecule has 5 rings (SSSR count). The fourth-order valence-corrected chi connectivity index (χ4v) is 8.70.